The number of rotatable bonds is 8. The molecule has 0 aliphatic carbocycles. The van der Waals surface area contributed by atoms with E-state index in [1.165, 1.54) is 0 Å². The minimum atomic E-state index is -1.20. The highest BCUT2D eigenvalue weighted by atomic mass is 16.3. The van der Waals surface area contributed by atoms with E-state index >= 15 is 0 Å². The lowest BCUT2D eigenvalue weighted by molar-refractivity contribution is -0.232. The van der Waals surface area contributed by atoms with Gasteiger partial charge in [-0.1, -0.05) is 19.8 Å². The van der Waals surface area contributed by atoms with Gasteiger partial charge in [0.15, 0.2) is 0 Å². The Hall–Kier alpha value is -0.200. The molecule has 5 nitrogen and oxygen atoms in total. The van der Waals surface area contributed by atoms with Gasteiger partial charge in [-0.3, -0.25) is 5.32 Å². The van der Waals surface area contributed by atoms with E-state index in [-0.39, 0.29) is 6.17 Å². The summed E-state index contributed by atoms with van der Waals surface area (Å²) in [5, 5.41) is 33.7. The van der Waals surface area contributed by atoms with Gasteiger partial charge in [0.2, 0.25) is 0 Å². The molecule has 0 amide bonds. The van der Waals surface area contributed by atoms with E-state index in [2.05, 4.69) is 12.2 Å². The highest BCUT2D eigenvalue weighted by Crippen LogP contribution is 2.26. The molecule has 0 saturated heterocycles. The fraction of sp³-hybridized carbons (Fsp3) is 1.00. The fourth-order valence-electron chi connectivity index (χ4n) is 2.50. The molecule has 0 aliphatic rings. The molecular formula is C14H32N2O3. The van der Waals surface area contributed by atoms with Crippen LogP contribution in [0.1, 0.15) is 67.7 Å². The van der Waals surface area contributed by atoms with E-state index < -0.39 is 17.2 Å². The Morgan fingerprint density at radius 3 is 1.63 bits per heavy atom. The number of nitrogens with zero attached hydrogens (tertiary/aromatic N) is 1. The summed E-state index contributed by atoms with van der Waals surface area (Å²) >= 11 is 0. The van der Waals surface area contributed by atoms with E-state index in [0.717, 1.165) is 19.3 Å². The van der Waals surface area contributed by atoms with Gasteiger partial charge < -0.3 is 15.3 Å². The summed E-state index contributed by atoms with van der Waals surface area (Å²) in [7, 11) is 0. The molecule has 0 saturated carbocycles. The van der Waals surface area contributed by atoms with E-state index in [0.29, 0.717) is 0 Å². The number of aliphatic hydroxyl groups is 3. The summed E-state index contributed by atoms with van der Waals surface area (Å²) in [6.45, 7) is 11.9. The monoisotopic (exact) mass is 276 g/mol. The van der Waals surface area contributed by atoms with Crippen LogP contribution in [-0.2, 0) is 0 Å². The summed E-state index contributed by atoms with van der Waals surface area (Å²) in [6.07, 6.45) is 2.36. The minimum absolute atomic E-state index is 0.319. The van der Waals surface area contributed by atoms with E-state index in [1.807, 2.05) is 0 Å². The summed E-state index contributed by atoms with van der Waals surface area (Å²) in [6, 6.07) is 0. The molecule has 0 spiro atoms. The molecule has 0 aromatic heterocycles. The second-order valence-electron chi connectivity index (χ2n) is 6.72. The second kappa shape index (κ2) is 6.50. The molecule has 0 fully saturated rings. The zero-order chi connectivity index (χ0) is 15.5. The molecule has 0 aliphatic heterocycles. The van der Waals surface area contributed by atoms with Crippen molar-refractivity contribution in [2.24, 2.45) is 0 Å². The van der Waals surface area contributed by atoms with Crippen LogP contribution in [0.25, 0.3) is 0 Å². The average Bonchev–Trinajstić information content (AvgIpc) is 2.06. The van der Waals surface area contributed by atoms with Crippen molar-refractivity contribution in [3.05, 3.63) is 0 Å². The van der Waals surface area contributed by atoms with Crippen molar-refractivity contribution in [2.45, 2.75) is 91.1 Å². The van der Waals surface area contributed by atoms with Gasteiger partial charge in [0.05, 0.1) is 6.17 Å². The number of hydrogen-bond acceptors (Lipinski definition) is 5. The molecule has 0 aromatic carbocycles. The Labute approximate surface area is 117 Å². The van der Waals surface area contributed by atoms with Gasteiger partial charge in [-0.05, 0) is 48.0 Å². The van der Waals surface area contributed by atoms with E-state index in [4.69, 9.17) is 0 Å². The number of hydrogen-bond donors (Lipinski definition) is 4. The molecule has 0 aromatic rings. The SMILES string of the molecule is CCCCC(NC(C)(C)O)N(C(C)(C)O)C(C)(C)O. The molecule has 0 rings (SSSR count). The summed E-state index contributed by atoms with van der Waals surface area (Å²) in [5.74, 6) is 0. The first-order chi connectivity index (χ1) is 8.29. The van der Waals surface area contributed by atoms with Gasteiger partial charge in [0.1, 0.15) is 17.2 Å². The Kier molecular flexibility index (Phi) is 6.43. The molecule has 0 heterocycles. The van der Waals surface area contributed by atoms with Crippen LogP contribution < -0.4 is 5.32 Å². The quantitative estimate of drug-likeness (QED) is 0.506. The molecule has 0 radical (unpaired) electrons. The van der Waals surface area contributed by atoms with Crippen LogP contribution in [0, 0.1) is 0 Å². The molecule has 1 unspecified atom stereocenters. The third kappa shape index (κ3) is 7.22. The minimum Gasteiger partial charge on any atom is -0.376 e. The van der Waals surface area contributed by atoms with Gasteiger partial charge in [0, 0.05) is 0 Å². The maximum absolute atomic E-state index is 10.3. The average molecular weight is 276 g/mol. The van der Waals surface area contributed by atoms with Crippen LogP contribution in [0.2, 0.25) is 0 Å². The summed E-state index contributed by atoms with van der Waals surface area (Å²) in [4.78, 5) is 1.59. The Morgan fingerprint density at radius 1 is 0.947 bits per heavy atom. The predicted octanol–water partition coefficient (Wildman–Crippen LogP) is 1.58. The first-order valence-corrected chi connectivity index (χ1v) is 7.03. The van der Waals surface area contributed by atoms with E-state index in [1.54, 1.807) is 46.4 Å². The molecule has 0 bridgehead atoms. The van der Waals surface area contributed by atoms with Crippen LogP contribution in [0.15, 0.2) is 0 Å². The maximum Gasteiger partial charge on any atom is 0.116 e. The highest BCUT2D eigenvalue weighted by molar-refractivity contribution is 4.86. The third-order valence-corrected chi connectivity index (χ3v) is 2.84. The van der Waals surface area contributed by atoms with Crippen LogP contribution in [0.3, 0.4) is 0 Å². The van der Waals surface area contributed by atoms with Crippen molar-refractivity contribution >= 4 is 0 Å². The van der Waals surface area contributed by atoms with E-state index in [9.17, 15) is 15.3 Å². The lowest BCUT2D eigenvalue weighted by Crippen LogP contribution is -2.66. The Balaban J connectivity index is 5.25. The van der Waals surface area contributed by atoms with Crippen molar-refractivity contribution in [1.29, 1.82) is 0 Å². The molecular weight excluding hydrogens is 244 g/mol. The molecule has 116 valence electrons. The fourth-order valence-corrected chi connectivity index (χ4v) is 2.50. The predicted molar refractivity (Wildman–Crippen MR) is 77.2 cm³/mol. The van der Waals surface area contributed by atoms with Gasteiger partial charge in [-0.2, -0.15) is 0 Å². The topological polar surface area (TPSA) is 76.0 Å². The van der Waals surface area contributed by atoms with Crippen LogP contribution >= 0.6 is 0 Å². The Bertz CT molecular complexity index is 247. The smallest absolute Gasteiger partial charge is 0.116 e. The zero-order valence-electron chi connectivity index (χ0n) is 13.5. The summed E-state index contributed by atoms with van der Waals surface area (Å²) < 4.78 is 0. The molecule has 19 heavy (non-hydrogen) atoms. The van der Waals surface area contributed by atoms with Crippen molar-refractivity contribution in [1.82, 2.24) is 10.2 Å². The lowest BCUT2D eigenvalue weighted by Gasteiger charge is -2.49. The largest absolute Gasteiger partial charge is 0.376 e. The first-order valence-electron chi connectivity index (χ1n) is 7.03. The maximum atomic E-state index is 10.3. The molecule has 1 atom stereocenters. The molecule has 4 N–H and O–H groups in total. The standard InChI is InChI=1S/C14H32N2O3/c1-8-9-10-11(15-12(2,3)17)16(13(4,5)18)14(6,7)19/h11,15,17-19H,8-10H2,1-7H3. The zero-order valence-corrected chi connectivity index (χ0v) is 13.5. The highest BCUT2D eigenvalue weighted by Gasteiger charge is 2.41. The number of unbranched alkanes of at least 4 members (excludes halogenated alkanes) is 1. The third-order valence-electron chi connectivity index (χ3n) is 2.84. The van der Waals surface area contributed by atoms with Crippen LogP contribution in [-0.4, -0.2) is 43.6 Å². The van der Waals surface area contributed by atoms with Crippen LogP contribution in [0.5, 0.6) is 0 Å². The van der Waals surface area contributed by atoms with Crippen molar-refractivity contribution < 1.29 is 15.3 Å². The van der Waals surface area contributed by atoms with Gasteiger partial charge >= 0.3 is 0 Å². The van der Waals surface area contributed by atoms with Gasteiger partial charge in [-0.25, -0.2) is 4.90 Å². The van der Waals surface area contributed by atoms with Crippen molar-refractivity contribution in [3.8, 4) is 0 Å². The van der Waals surface area contributed by atoms with Crippen molar-refractivity contribution in [3.63, 3.8) is 0 Å². The van der Waals surface area contributed by atoms with Gasteiger partial charge in [0.25, 0.3) is 0 Å². The van der Waals surface area contributed by atoms with Crippen LogP contribution in [0.4, 0.5) is 0 Å². The first kappa shape index (κ1) is 18.8. The van der Waals surface area contributed by atoms with Crippen molar-refractivity contribution in [2.75, 3.05) is 0 Å². The normalized spacial score (nSPS) is 15.9. The second-order valence-corrected chi connectivity index (χ2v) is 6.72. The number of nitrogens with one attached hydrogen (secondary N) is 1. The lowest BCUT2D eigenvalue weighted by atomic mass is 10.1. The molecule has 5 heteroatoms. The van der Waals surface area contributed by atoms with Gasteiger partial charge in [-0.15, -0.1) is 0 Å². The summed E-state index contributed by atoms with van der Waals surface area (Å²) in [5.41, 5.74) is -3.48. The Morgan fingerprint density at radius 2 is 1.37 bits per heavy atom.